The van der Waals surface area contributed by atoms with Gasteiger partial charge in [0.05, 0.1) is 17.5 Å². The Hall–Kier alpha value is -1.15. The fourth-order valence-corrected chi connectivity index (χ4v) is 6.16. The number of nitrogens with zero attached hydrogens (tertiary/aromatic N) is 1. The van der Waals surface area contributed by atoms with E-state index in [2.05, 4.69) is 27.8 Å². The highest BCUT2D eigenvalue weighted by Crippen LogP contribution is 2.38. The van der Waals surface area contributed by atoms with Gasteiger partial charge in [-0.05, 0) is 83.4 Å². The molecule has 1 saturated heterocycles. The minimum absolute atomic E-state index is 0.0307. The topological polar surface area (TPSA) is 67.9 Å². The Labute approximate surface area is 187 Å². The molecule has 1 saturated carbocycles. The lowest BCUT2D eigenvalue weighted by atomic mass is 9.82. The molecule has 0 amide bonds. The van der Waals surface area contributed by atoms with Gasteiger partial charge >= 0.3 is 0 Å². The summed E-state index contributed by atoms with van der Waals surface area (Å²) in [6.45, 7) is 8.13. The lowest BCUT2D eigenvalue weighted by Crippen LogP contribution is -2.59. The van der Waals surface area contributed by atoms with Gasteiger partial charge < -0.3 is 9.47 Å². The number of hydrogen-bond acceptors (Lipinski definition) is 5. The predicted octanol–water partition coefficient (Wildman–Crippen LogP) is 3.67. The van der Waals surface area contributed by atoms with Crippen LogP contribution in [0.25, 0.3) is 0 Å². The molecule has 0 spiro atoms. The number of rotatable bonds is 2. The number of fused-ring (bicyclic) bond motifs is 5. The van der Waals surface area contributed by atoms with Crippen LogP contribution in [0.2, 0.25) is 0 Å². The van der Waals surface area contributed by atoms with Gasteiger partial charge in [-0.2, -0.15) is 0 Å². The van der Waals surface area contributed by atoms with E-state index in [0.717, 1.165) is 57.4 Å². The van der Waals surface area contributed by atoms with Gasteiger partial charge in [0.2, 0.25) is 10.0 Å². The van der Waals surface area contributed by atoms with Gasteiger partial charge in [0, 0.05) is 18.6 Å². The first kappa shape index (κ1) is 23.0. The molecule has 2 bridgehead atoms. The first-order valence-corrected chi connectivity index (χ1v) is 13.3. The fourth-order valence-electron chi connectivity index (χ4n) is 5.14. The number of para-hydroxylation sites is 1. The van der Waals surface area contributed by atoms with Gasteiger partial charge in [-0.15, -0.1) is 0 Å². The molecule has 1 aromatic rings. The summed E-state index contributed by atoms with van der Waals surface area (Å²) in [5.41, 5.74) is 1.33. The highest BCUT2D eigenvalue weighted by Gasteiger charge is 2.38. The predicted molar refractivity (Wildman–Crippen MR) is 123 cm³/mol. The van der Waals surface area contributed by atoms with Crippen molar-refractivity contribution >= 4 is 10.0 Å². The number of sulfonamides is 1. The SMILES string of the molecule is CC(C)(C)S(=O)(=O)N[C@H]1CCCN2CCOc3ccccc3C3CCC(CC3)OC[C@@H]12. The molecule has 3 heterocycles. The normalized spacial score (nSPS) is 30.8. The molecule has 0 aromatic heterocycles. The Kier molecular flexibility index (Phi) is 6.96. The van der Waals surface area contributed by atoms with Crippen LogP contribution in [0.1, 0.15) is 70.8 Å². The van der Waals surface area contributed by atoms with Gasteiger partial charge in [0.25, 0.3) is 0 Å². The second kappa shape index (κ2) is 9.38. The van der Waals surface area contributed by atoms with Crippen LogP contribution in [0.15, 0.2) is 24.3 Å². The van der Waals surface area contributed by atoms with Crippen LogP contribution >= 0.6 is 0 Å². The molecule has 2 fully saturated rings. The molecule has 1 N–H and O–H groups in total. The molecule has 1 aliphatic carbocycles. The van der Waals surface area contributed by atoms with Crippen LogP contribution in [0.5, 0.6) is 5.75 Å². The third kappa shape index (κ3) is 5.27. The third-order valence-corrected chi connectivity index (χ3v) is 9.40. The van der Waals surface area contributed by atoms with Crippen molar-refractivity contribution in [3.8, 4) is 5.75 Å². The van der Waals surface area contributed by atoms with E-state index >= 15 is 0 Å². The Morgan fingerprint density at radius 1 is 1.03 bits per heavy atom. The summed E-state index contributed by atoms with van der Waals surface area (Å²) < 4.78 is 40.7. The largest absolute Gasteiger partial charge is 0.492 e. The maximum Gasteiger partial charge on any atom is 0.216 e. The van der Waals surface area contributed by atoms with Crippen molar-refractivity contribution in [3.05, 3.63) is 29.8 Å². The molecule has 1 aromatic carbocycles. The monoisotopic (exact) mass is 450 g/mol. The van der Waals surface area contributed by atoms with Gasteiger partial charge in [-0.3, -0.25) is 4.90 Å². The zero-order chi connectivity index (χ0) is 22.1. The number of nitrogens with one attached hydrogen (secondary N) is 1. The van der Waals surface area contributed by atoms with Gasteiger partial charge in [0.1, 0.15) is 12.4 Å². The molecule has 0 unspecified atom stereocenters. The molecular weight excluding hydrogens is 412 g/mol. The second-order valence-electron chi connectivity index (χ2n) is 10.3. The first-order valence-electron chi connectivity index (χ1n) is 11.8. The summed E-state index contributed by atoms with van der Waals surface area (Å²) in [5.74, 6) is 1.54. The van der Waals surface area contributed by atoms with Crippen LogP contribution in [0.3, 0.4) is 0 Å². The summed E-state index contributed by atoms with van der Waals surface area (Å²) in [6, 6.07) is 8.35. The average Bonchev–Trinajstić information content (AvgIpc) is 2.74. The van der Waals surface area contributed by atoms with Crippen LogP contribution in [0, 0.1) is 0 Å². The molecule has 174 valence electrons. The van der Waals surface area contributed by atoms with Crippen LogP contribution < -0.4 is 9.46 Å². The molecule has 3 aliphatic heterocycles. The van der Waals surface area contributed by atoms with Crippen LogP contribution in [0.4, 0.5) is 0 Å². The highest BCUT2D eigenvalue weighted by molar-refractivity contribution is 7.90. The first-order chi connectivity index (χ1) is 14.7. The van der Waals surface area contributed by atoms with E-state index < -0.39 is 14.8 Å². The minimum Gasteiger partial charge on any atom is -0.492 e. The van der Waals surface area contributed by atoms with Crippen molar-refractivity contribution in [1.29, 1.82) is 0 Å². The second-order valence-corrected chi connectivity index (χ2v) is 12.7. The fraction of sp³-hybridized carbons (Fsp3) is 0.750. The standard InChI is InChI=1S/C24H38N2O4S/c1-24(2,3)31(27,28)25-21-8-6-14-26-15-16-29-23-9-5-4-7-20(23)18-10-12-19(13-11-18)30-17-22(21)26/h4-5,7,9,18-19,21-22,25H,6,8,10-17H2,1-3H3/t18?,19?,21-,22-/m0/s1. The van der Waals surface area contributed by atoms with Gasteiger partial charge in [-0.1, -0.05) is 18.2 Å². The van der Waals surface area contributed by atoms with Crippen LogP contribution in [-0.2, 0) is 14.8 Å². The highest BCUT2D eigenvalue weighted by atomic mass is 32.2. The molecule has 7 heteroatoms. The molecule has 6 nitrogen and oxygen atoms in total. The van der Waals surface area contributed by atoms with Crippen molar-refractivity contribution in [2.45, 2.75) is 88.1 Å². The quantitative estimate of drug-likeness (QED) is 0.745. The summed E-state index contributed by atoms with van der Waals surface area (Å²) in [4.78, 5) is 2.37. The Balaban J connectivity index is 1.55. The Morgan fingerprint density at radius 2 is 1.77 bits per heavy atom. The Morgan fingerprint density at radius 3 is 2.52 bits per heavy atom. The number of benzene rings is 1. The van der Waals surface area contributed by atoms with Crippen molar-refractivity contribution < 1.29 is 17.9 Å². The summed E-state index contributed by atoms with van der Waals surface area (Å²) in [5, 5.41) is 0. The van der Waals surface area contributed by atoms with Crippen molar-refractivity contribution in [2.75, 3.05) is 26.3 Å². The summed E-state index contributed by atoms with van der Waals surface area (Å²) in [7, 11) is -3.42. The molecule has 0 radical (unpaired) electrons. The molecule has 2 atom stereocenters. The Bertz CT molecular complexity index is 843. The van der Waals surface area contributed by atoms with Gasteiger partial charge in [-0.25, -0.2) is 13.1 Å². The van der Waals surface area contributed by atoms with E-state index in [9.17, 15) is 8.42 Å². The maximum absolute atomic E-state index is 12.9. The summed E-state index contributed by atoms with van der Waals surface area (Å²) in [6.07, 6.45) is 6.38. The third-order valence-electron chi connectivity index (χ3n) is 7.18. The molecule has 4 aliphatic rings. The lowest BCUT2D eigenvalue weighted by Gasteiger charge is -2.42. The maximum atomic E-state index is 12.9. The average molecular weight is 451 g/mol. The van der Waals surface area contributed by atoms with E-state index in [0.29, 0.717) is 19.1 Å². The van der Waals surface area contributed by atoms with E-state index in [1.165, 1.54) is 5.56 Å². The lowest BCUT2D eigenvalue weighted by molar-refractivity contribution is -0.0285. The number of hydrogen-bond donors (Lipinski definition) is 1. The van der Waals surface area contributed by atoms with Crippen molar-refractivity contribution in [3.63, 3.8) is 0 Å². The zero-order valence-electron chi connectivity index (χ0n) is 19.2. The van der Waals surface area contributed by atoms with Crippen LogP contribution in [-0.4, -0.2) is 62.6 Å². The van der Waals surface area contributed by atoms with Crippen molar-refractivity contribution in [1.82, 2.24) is 9.62 Å². The number of ether oxygens (including phenoxy) is 2. The van der Waals surface area contributed by atoms with E-state index in [1.807, 2.05) is 6.07 Å². The zero-order valence-corrected chi connectivity index (χ0v) is 20.0. The smallest absolute Gasteiger partial charge is 0.216 e. The molecular formula is C24H38N2O4S. The summed E-state index contributed by atoms with van der Waals surface area (Å²) >= 11 is 0. The minimum atomic E-state index is -3.42. The van der Waals surface area contributed by atoms with Crippen molar-refractivity contribution in [2.24, 2.45) is 0 Å². The van der Waals surface area contributed by atoms with Gasteiger partial charge in [0.15, 0.2) is 0 Å². The molecule has 5 rings (SSSR count). The van der Waals surface area contributed by atoms with E-state index in [-0.39, 0.29) is 18.2 Å². The van der Waals surface area contributed by atoms with E-state index in [4.69, 9.17) is 9.47 Å². The van der Waals surface area contributed by atoms with E-state index in [1.54, 1.807) is 20.8 Å². The molecule has 31 heavy (non-hydrogen) atoms. The number of piperidine rings is 1.